The fraction of sp³-hybridized carbons (Fsp3) is 0.167. The van der Waals surface area contributed by atoms with Crippen molar-refractivity contribution in [2.45, 2.75) is 19.8 Å². The molecule has 0 aliphatic rings. The predicted octanol–water partition coefficient (Wildman–Crippen LogP) is 3.68. The zero-order chi connectivity index (χ0) is 17.8. The number of rotatable bonds is 5. The minimum Gasteiger partial charge on any atom is -0.326 e. The highest BCUT2D eigenvalue weighted by Crippen LogP contribution is 2.19. The molecule has 2 aromatic carbocycles. The van der Waals surface area contributed by atoms with Crippen LogP contribution in [0.5, 0.6) is 0 Å². The third-order valence-corrected chi connectivity index (χ3v) is 3.84. The van der Waals surface area contributed by atoms with Gasteiger partial charge in [-0.15, -0.1) is 0 Å². The molecule has 0 unspecified atom stereocenters. The summed E-state index contributed by atoms with van der Waals surface area (Å²) in [6.45, 7) is 2.03. The second-order valence-corrected chi connectivity index (χ2v) is 6.13. The van der Waals surface area contributed by atoms with Crippen molar-refractivity contribution in [2.24, 2.45) is 0 Å². The number of aromatic amines is 1. The van der Waals surface area contributed by atoms with Gasteiger partial charge in [-0.2, -0.15) is 5.10 Å². The molecule has 0 atom stereocenters. The minimum atomic E-state index is -0.533. The van der Waals surface area contributed by atoms with Gasteiger partial charge >= 0.3 is 0 Å². The molecule has 7 heteroatoms. The SMILES string of the molecule is Cc1cccc(Cc2nc(CC(=O)Nc3ccc(F)c(Cl)c3)n[nH]2)c1. The summed E-state index contributed by atoms with van der Waals surface area (Å²) in [4.78, 5) is 16.4. The molecule has 3 rings (SSSR count). The molecule has 128 valence electrons. The highest BCUT2D eigenvalue weighted by atomic mass is 35.5. The molecule has 1 amide bonds. The lowest BCUT2D eigenvalue weighted by atomic mass is 10.1. The van der Waals surface area contributed by atoms with E-state index in [9.17, 15) is 9.18 Å². The van der Waals surface area contributed by atoms with Crippen LogP contribution in [0.4, 0.5) is 10.1 Å². The van der Waals surface area contributed by atoms with E-state index >= 15 is 0 Å². The normalized spacial score (nSPS) is 10.7. The van der Waals surface area contributed by atoms with Gasteiger partial charge in [0.15, 0.2) is 5.82 Å². The van der Waals surface area contributed by atoms with Crippen LogP contribution in [0.1, 0.15) is 22.8 Å². The molecule has 5 nitrogen and oxygen atoms in total. The second-order valence-electron chi connectivity index (χ2n) is 5.72. The number of hydrogen-bond acceptors (Lipinski definition) is 3. The van der Waals surface area contributed by atoms with Gasteiger partial charge in [-0.05, 0) is 30.7 Å². The van der Waals surface area contributed by atoms with E-state index in [1.54, 1.807) is 0 Å². The van der Waals surface area contributed by atoms with Gasteiger partial charge in [-0.3, -0.25) is 9.89 Å². The second kappa shape index (κ2) is 7.44. The average Bonchev–Trinajstić information content (AvgIpc) is 2.98. The van der Waals surface area contributed by atoms with Crippen LogP contribution in [-0.4, -0.2) is 21.1 Å². The number of carbonyl (C=O) groups is 1. The van der Waals surface area contributed by atoms with Gasteiger partial charge in [0.25, 0.3) is 0 Å². The van der Waals surface area contributed by atoms with Gasteiger partial charge in [0.05, 0.1) is 11.4 Å². The Balaban J connectivity index is 1.60. The number of nitrogens with one attached hydrogen (secondary N) is 2. The van der Waals surface area contributed by atoms with Crippen molar-refractivity contribution in [1.82, 2.24) is 15.2 Å². The third kappa shape index (κ3) is 4.64. The fourth-order valence-electron chi connectivity index (χ4n) is 2.43. The molecule has 0 fully saturated rings. The number of aromatic nitrogens is 3. The van der Waals surface area contributed by atoms with E-state index < -0.39 is 5.82 Å². The van der Waals surface area contributed by atoms with E-state index in [0.717, 1.165) is 5.56 Å². The van der Waals surface area contributed by atoms with Gasteiger partial charge in [-0.25, -0.2) is 9.37 Å². The molecule has 0 radical (unpaired) electrons. The number of amides is 1. The highest BCUT2D eigenvalue weighted by Gasteiger charge is 2.11. The Morgan fingerprint density at radius 1 is 1.28 bits per heavy atom. The third-order valence-electron chi connectivity index (χ3n) is 3.55. The summed E-state index contributed by atoms with van der Waals surface area (Å²) in [5.41, 5.74) is 2.72. The lowest BCUT2D eigenvalue weighted by Gasteiger charge is -2.04. The summed E-state index contributed by atoms with van der Waals surface area (Å²) in [6, 6.07) is 12.1. The van der Waals surface area contributed by atoms with Crippen molar-refractivity contribution in [3.05, 3.63) is 76.1 Å². The van der Waals surface area contributed by atoms with Crippen LogP contribution in [0.25, 0.3) is 0 Å². The van der Waals surface area contributed by atoms with Crippen molar-refractivity contribution in [2.75, 3.05) is 5.32 Å². The number of H-pyrrole nitrogens is 1. The fourth-order valence-corrected chi connectivity index (χ4v) is 2.61. The first-order chi connectivity index (χ1) is 12.0. The smallest absolute Gasteiger partial charge is 0.232 e. The topological polar surface area (TPSA) is 70.7 Å². The number of nitrogens with zero attached hydrogens (tertiary/aromatic N) is 2. The maximum Gasteiger partial charge on any atom is 0.232 e. The van der Waals surface area contributed by atoms with E-state index in [4.69, 9.17) is 11.6 Å². The zero-order valence-electron chi connectivity index (χ0n) is 13.5. The Bertz CT molecular complexity index is 910. The first kappa shape index (κ1) is 17.1. The highest BCUT2D eigenvalue weighted by molar-refractivity contribution is 6.31. The Morgan fingerprint density at radius 2 is 2.12 bits per heavy atom. The molecule has 0 spiro atoms. The van der Waals surface area contributed by atoms with Crippen LogP contribution in [0.2, 0.25) is 5.02 Å². The molecular weight excluding hydrogens is 343 g/mol. The van der Waals surface area contributed by atoms with Gasteiger partial charge in [-0.1, -0.05) is 41.4 Å². The van der Waals surface area contributed by atoms with E-state index in [0.29, 0.717) is 23.8 Å². The number of aryl methyl sites for hydroxylation is 1. The molecular formula is C18H16ClFN4O. The van der Waals surface area contributed by atoms with E-state index in [1.165, 1.54) is 23.8 Å². The van der Waals surface area contributed by atoms with Crippen molar-refractivity contribution in [1.29, 1.82) is 0 Å². The van der Waals surface area contributed by atoms with Crippen LogP contribution < -0.4 is 5.32 Å². The van der Waals surface area contributed by atoms with E-state index in [-0.39, 0.29) is 17.4 Å². The van der Waals surface area contributed by atoms with Crippen molar-refractivity contribution < 1.29 is 9.18 Å². The summed E-state index contributed by atoms with van der Waals surface area (Å²) in [6.07, 6.45) is 0.628. The van der Waals surface area contributed by atoms with Crippen molar-refractivity contribution >= 4 is 23.2 Å². The summed E-state index contributed by atoms with van der Waals surface area (Å²) in [5, 5.41) is 9.51. The Morgan fingerprint density at radius 3 is 2.88 bits per heavy atom. The molecule has 1 aromatic heterocycles. The summed E-state index contributed by atoms with van der Waals surface area (Å²) >= 11 is 5.69. The van der Waals surface area contributed by atoms with Gasteiger partial charge in [0.2, 0.25) is 5.91 Å². The zero-order valence-corrected chi connectivity index (χ0v) is 14.3. The number of hydrogen-bond donors (Lipinski definition) is 2. The maximum atomic E-state index is 13.1. The summed E-state index contributed by atoms with van der Waals surface area (Å²) in [5.74, 6) is 0.254. The predicted molar refractivity (Wildman–Crippen MR) is 94.1 cm³/mol. The Kier molecular flexibility index (Phi) is 5.09. The lowest BCUT2D eigenvalue weighted by molar-refractivity contribution is -0.115. The van der Waals surface area contributed by atoms with Crippen LogP contribution in [0.3, 0.4) is 0 Å². The maximum absolute atomic E-state index is 13.1. The molecule has 0 bridgehead atoms. The lowest BCUT2D eigenvalue weighted by Crippen LogP contribution is -2.15. The Hall–Kier alpha value is -2.73. The van der Waals surface area contributed by atoms with Crippen LogP contribution in [0, 0.1) is 12.7 Å². The van der Waals surface area contributed by atoms with E-state index in [2.05, 4.69) is 26.6 Å². The summed E-state index contributed by atoms with van der Waals surface area (Å²) in [7, 11) is 0. The van der Waals surface area contributed by atoms with Crippen LogP contribution >= 0.6 is 11.6 Å². The van der Waals surface area contributed by atoms with Gasteiger partial charge in [0, 0.05) is 12.1 Å². The largest absolute Gasteiger partial charge is 0.326 e. The van der Waals surface area contributed by atoms with Crippen LogP contribution in [0.15, 0.2) is 42.5 Å². The summed E-state index contributed by atoms with van der Waals surface area (Å²) < 4.78 is 13.1. The number of benzene rings is 2. The molecule has 0 aliphatic carbocycles. The molecule has 1 heterocycles. The first-order valence-corrected chi connectivity index (χ1v) is 8.08. The molecule has 25 heavy (non-hydrogen) atoms. The van der Waals surface area contributed by atoms with Crippen molar-refractivity contribution in [3.8, 4) is 0 Å². The first-order valence-electron chi connectivity index (χ1n) is 7.70. The monoisotopic (exact) mass is 358 g/mol. The number of halogens is 2. The standard InChI is InChI=1S/C18H16ClFN4O/c1-11-3-2-4-12(7-11)8-16-22-17(24-23-16)10-18(25)21-13-5-6-15(20)14(19)9-13/h2-7,9H,8,10H2,1H3,(H,21,25)(H,22,23,24). The van der Waals surface area contributed by atoms with Gasteiger partial charge < -0.3 is 5.32 Å². The molecule has 2 N–H and O–H groups in total. The van der Waals surface area contributed by atoms with Crippen molar-refractivity contribution in [3.63, 3.8) is 0 Å². The number of carbonyl (C=O) groups excluding carboxylic acids is 1. The minimum absolute atomic E-state index is 0.0132. The quantitative estimate of drug-likeness (QED) is 0.731. The average molecular weight is 359 g/mol. The van der Waals surface area contributed by atoms with Gasteiger partial charge in [0.1, 0.15) is 11.6 Å². The molecule has 0 saturated carbocycles. The molecule has 3 aromatic rings. The number of anilines is 1. The molecule has 0 aliphatic heterocycles. The molecule has 0 saturated heterocycles. The van der Waals surface area contributed by atoms with Crippen LogP contribution in [-0.2, 0) is 17.6 Å². The van der Waals surface area contributed by atoms with E-state index in [1.807, 2.05) is 25.1 Å². The Labute approximate surface area is 149 Å².